The quantitative estimate of drug-likeness (QED) is 0.124. The Morgan fingerprint density at radius 1 is 0.913 bits per heavy atom. The lowest BCUT2D eigenvalue weighted by atomic mass is 9.83. The largest absolute Gasteiger partial charge is 0.490 e. The lowest BCUT2D eigenvalue weighted by molar-refractivity contribution is 0.0734. The minimum Gasteiger partial charge on any atom is -0.490 e. The third-order valence-electron chi connectivity index (χ3n) is 6.99. The summed E-state index contributed by atoms with van der Waals surface area (Å²) in [5.74, 6) is 0.529. The van der Waals surface area contributed by atoms with Crippen LogP contribution in [0.3, 0.4) is 0 Å². The van der Waals surface area contributed by atoms with Gasteiger partial charge in [-0.2, -0.15) is 5.26 Å². The van der Waals surface area contributed by atoms with Gasteiger partial charge >= 0.3 is 5.97 Å². The standard InChI is InChI=1S/C35H29Cl3N2O6/c1-3-13-43-33-27(37)14-22(15-28(33)38)35(41)45-24-10-11-25-30(17-24)46-34(40)26(18-39)32(25)21-7-12-29(31(16-21)42-4-2)44-19-20-5-8-23(36)9-6-20/h5-12,14-17,32H,3-4,13,19,40H2,1-2H3. The lowest BCUT2D eigenvalue weighted by Crippen LogP contribution is -2.21. The maximum absolute atomic E-state index is 13.0. The second-order valence-corrected chi connectivity index (χ2v) is 11.4. The van der Waals surface area contributed by atoms with Crippen LogP contribution in [0.15, 0.2) is 84.3 Å². The van der Waals surface area contributed by atoms with Crippen LogP contribution in [0, 0.1) is 11.3 Å². The minimum atomic E-state index is -0.685. The molecule has 0 aromatic heterocycles. The second kappa shape index (κ2) is 14.7. The number of nitrogens with zero attached hydrogens (tertiary/aromatic N) is 1. The number of allylic oxidation sites excluding steroid dienone is 1. The Kier molecular flexibility index (Phi) is 10.5. The fourth-order valence-corrected chi connectivity index (χ4v) is 5.58. The first-order chi connectivity index (χ1) is 22.2. The molecule has 0 radical (unpaired) electrons. The van der Waals surface area contributed by atoms with Crippen molar-refractivity contribution in [3.05, 3.63) is 122 Å². The molecule has 0 aliphatic carbocycles. The third-order valence-corrected chi connectivity index (χ3v) is 7.81. The molecule has 0 saturated heterocycles. The van der Waals surface area contributed by atoms with Gasteiger partial charge in [-0.15, -0.1) is 0 Å². The van der Waals surface area contributed by atoms with Crippen LogP contribution in [0.25, 0.3) is 0 Å². The maximum atomic E-state index is 13.0. The van der Waals surface area contributed by atoms with Gasteiger partial charge in [0.25, 0.3) is 0 Å². The van der Waals surface area contributed by atoms with Crippen LogP contribution in [0.1, 0.15) is 53.2 Å². The highest BCUT2D eigenvalue weighted by Gasteiger charge is 2.32. The fourth-order valence-electron chi connectivity index (χ4n) is 4.86. The van der Waals surface area contributed by atoms with Crippen molar-refractivity contribution in [3.63, 3.8) is 0 Å². The SMILES string of the molecule is CCCOc1c(Cl)cc(C(=O)Oc2ccc3c(c2)OC(N)=C(C#N)C3c2ccc(OCc3ccc(Cl)cc3)c(OCC)c2)cc1Cl. The molecule has 0 fully saturated rings. The number of esters is 1. The molecule has 5 rings (SSSR count). The Hall–Kier alpha value is -4.55. The molecule has 8 nitrogen and oxygen atoms in total. The maximum Gasteiger partial charge on any atom is 0.343 e. The molecular formula is C35H29Cl3N2O6. The van der Waals surface area contributed by atoms with E-state index in [4.69, 9.17) is 64.2 Å². The molecule has 46 heavy (non-hydrogen) atoms. The average Bonchev–Trinajstić information content (AvgIpc) is 3.04. The summed E-state index contributed by atoms with van der Waals surface area (Å²) in [4.78, 5) is 13.0. The summed E-state index contributed by atoms with van der Waals surface area (Å²) in [7, 11) is 0. The highest BCUT2D eigenvalue weighted by atomic mass is 35.5. The van der Waals surface area contributed by atoms with Crippen molar-refractivity contribution in [2.75, 3.05) is 13.2 Å². The summed E-state index contributed by atoms with van der Waals surface area (Å²) in [6.07, 6.45) is 0.770. The summed E-state index contributed by atoms with van der Waals surface area (Å²) in [5.41, 5.74) is 8.91. The molecule has 11 heteroatoms. The zero-order chi connectivity index (χ0) is 32.8. The van der Waals surface area contributed by atoms with Gasteiger partial charge < -0.3 is 29.4 Å². The number of hydrogen-bond donors (Lipinski definition) is 1. The molecule has 1 aliphatic heterocycles. The molecule has 0 saturated carbocycles. The molecule has 0 bridgehead atoms. The molecule has 1 unspecified atom stereocenters. The monoisotopic (exact) mass is 678 g/mol. The highest BCUT2D eigenvalue weighted by molar-refractivity contribution is 6.37. The van der Waals surface area contributed by atoms with Crippen LogP contribution in [0.2, 0.25) is 15.1 Å². The van der Waals surface area contributed by atoms with Crippen LogP contribution in [0.4, 0.5) is 0 Å². The Labute approximate surface area is 281 Å². The van der Waals surface area contributed by atoms with Gasteiger partial charge in [0, 0.05) is 16.7 Å². The van der Waals surface area contributed by atoms with E-state index in [1.807, 2.05) is 38.1 Å². The Balaban J connectivity index is 1.41. The highest BCUT2D eigenvalue weighted by Crippen LogP contribution is 2.45. The van der Waals surface area contributed by atoms with E-state index in [-0.39, 0.29) is 32.8 Å². The van der Waals surface area contributed by atoms with E-state index in [9.17, 15) is 10.1 Å². The number of nitrogens with two attached hydrogens (primary N) is 1. The number of benzene rings is 4. The number of halogens is 3. The molecule has 1 heterocycles. The molecule has 4 aromatic rings. The van der Waals surface area contributed by atoms with Gasteiger partial charge in [0.1, 0.15) is 29.7 Å². The second-order valence-electron chi connectivity index (χ2n) is 10.2. The van der Waals surface area contributed by atoms with Crippen LogP contribution < -0.4 is 29.4 Å². The van der Waals surface area contributed by atoms with Gasteiger partial charge in [-0.25, -0.2) is 4.79 Å². The van der Waals surface area contributed by atoms with Gasteiger partial charge in [0.2, 0.25) is 5.88 Å². The van der Waals surface area contributed by atoms with Gasteiger partial charge in [-0.05, 0) is 66.9 Å². The number of carbonyl (C=O) groups excluding carboxylic acids is 1. The number of nitriles is 1. The first kappa shape index (κ1) is 32.8. The molecule has 236 valence electrons. The molecule has 2 N–H and O–H groups in total. The van der Waals surface area contributed by atoms with Crippen molar-refractivity contribution in [1.29, 1.82) is 5.26 Å². The number of ether oxygens (including phenoxy) is 5. The third kappa shape index (κ3) is 7.29. The van der Waals surface area contributed by atoms with Gasteiger partial charge in [0.05, 0.1) is 34.7 Å². The van der Waals surface area contributed by atoms with Crippen molar-refractivity contribution in [1.82, 2.24) is 0 Å². The predicted octanol–water partition coefficient (Wildman–Crippen LogP) is 8.85. The number of fused-ring (bicyclic) bond motifs is 1. The van der Waals surface area contributed by atoms with E-state index in [2.05, 4.69) is 6.07 Å². The normalized spacial score (nSPS) is 13.7. The predicted molar refractivity (Wildman–Crippen MR) is 176 cm³/mol. The summed E-state index contributed by atoms with van der Waals surface area (Å²) in [5, 5.41) is 11.1. The Morgan fingerprint density at radius 3 is 2.33 bits per heavy atom. The molecule has 0 spiro atoms. The van der Waals surface area contributed by atoms with Crippen molar-refractivity contribution in [2.24, 2.45) is 5.73 Å². The summed E-state index contributed by atoms with van der Waals surface area (Å²) < 4.78 is 29.0. The number of hydrogen-bond acceptors (Lipinski definition) is 8. The molecule has 1 aliphatic rings. The van der Waals surface area contributed by atoms with E-state index in [1.165, 1.54) is 18.2 Å². The summed E-state index contributed by atoms with van der Waals surface area (Å²) >= 11 is 18.6. The van der Waals surface area contributed by atoms with E-state index >= 15 is 0 Å². The topological polar surface area (TPSA) is 113 Å². The molecule has 0 amide bonds. The van der Waals surface area contributed by atoms with E-state index in [1.54, 1.807) is 30.3 Å². The van der Waals surface area contributed by atoms with Gasteiger partial charge in [-0.3, -0.25) is 0 Å². The van der Waals surface area contributed by atoms with Crippen molar-refractivity contribution in [2.45, 2.75) is 32.8 Å². The summed E-state index contributed by atoms with van der Waals surface area (Å²) in [6, 6.07) is 22.8. The Bertz CT molecular complexity index is 1810. The average molecular weight is 680 g/mol. The minimum absolute atomic E-state index is 0.0641. The molecule has 1 atom stereocenters. The lowest BCUT2D eigenvalue weighted by Gasteiger charge is -2.27. The zero-order valence-corrected chi connectivity index (χ0v) is 27.2. The fraction of sp³-hybridized carbons (Fsp3) is 0.200. The first-order valence-electron chi connectivity index (χ1n) is 14.4. The summed E-state index contributed by atoms with van der Waals surface area (Å²) in [6.45, 7) is 4.96. The van der Waals surface area contributed by atoms with Crippen LogP contribution >= 0.6 is 34.8 Å². The molecule has 4 aromatic carbocycles. The van der Waals surface area contributed by atoms with E-state index in [0.29, 0.717) is 53.4 Å². The van der Waals surface area contributed by atoms with Crippen LogP contribution in [-0.4, -0.2) is 19.2 Å². The number of carbonyl (C=O) groups is 1. The first-order valence-corrected chi connectivity index (χ1v) is 15.5. The van der Waals surface area contributed by atoms with Crippen LogP contribution in [0.5, 0.6) is 28.7 Å². The van der Waals surface area contributed by atoms with E-state index < -0.39 is 11.9 Å². The smallest absolute Gasteiger partial charge is 0.343 e. The molecular weight excluding hydrogens is 651 g/mol. The van der Waals surface area contributed by atoms with Crippen molar-refractivity contribution >= 4 is 40.8 Å². The zero-order valence-electron chi connectivity index (χ0n) is 24.9. The van der Waals surface area contributed by atoms with Crippen molar-refractivity contribution in [3.8, 4) is 34.8 Å². The van der Waals surface area contributed by atoms with E-state index in [0.717, 1.165) is 17.5 Å². The van der Waals surface area contributed by atoms with Gasteiger partial charge in [-0.1, -0.05) is 66.0 Å². The Morgan fingerprint density at radius 2 is 1.65 bits per heavy atom. The van der Waals surface area contributed by atoms with Crippen molar-refractivity contribution < 1.29 is 28.5 Å². The number of rotatable bonds is 11. The van der Waals surface area contributed by atoms with Crippen LogP contribution in [-0.2, 0) is 6.61 Å². The van der Waals surface area contributed by atoms with Gasteiger partial charge in [0.15, 0.2) is 17.2 Å².